The molecule has 1 aliphatic heterocycles. The summed E-state index contributed by atoms with van der Waals surface area (Å²) >= 11 is 0. The summed E-state index contributed by atoms with van der Waals surface area (Å²) in [6.07, 6.45) is -2.56. The third-order valence-electron chi connectivity index (χ3n) is 5.84. The third kappa shape index (κ3) is 4.65. The highest BCUT2D eigenvalue weighted by Gasteiger charge is 2.78. The van der Waals surface area contributed by atoms with Crippen LogP contribution in [-0.2, 0) is 19.0 Å². The highest BCUT2D eigenvalue weighted by molar-refractivity contribution is 5.70. The van der Waals surface area contributed by atoms with Crippen LogP contribution in [-0.4, -0.2) is 47.8 Å². The maximum Gasteiger partial charge on any atom is 0.394 e. The minimum absolute atomic E-state index is 0.118. The van der Waals surface area contributed by atoms with Crippen molar-refractivity contribution in [2.75, 3.05) is 6.54 Å². The van der Waals surface area contributed by atoms with E-state index in [-0.39, 0.29) is 49.4 Å². The molecular formula is C20H32F3NO4. The molecule has 0 aromatic heterocycles. The highest BCUT2D eigenvalue weighted by Crippen LogP contribution is 2.73. The second-order valence-corrected chi connectivity index (χ2v) is 10.2. The summed E-state index contributed by atoms with van der Waals surface area (Å²) in [5.41, 5.74) is -2.32. The average Bonchev–Trinajstić information content (AvgIpc) is 2.33. The lowest BCUT2D eigenvalue weighted by molar-refractivity contribution is -0.339. The van der Waals surface area contributed by atoms with Crippen molar-refractivity contribution in [1.29, 1.82) is 0 Å². The number of alkyl halides is 3. The molecule has 0 spiro atoms. The van der Waals surface area contributed by atoms with Crippen LogP contribution in [0.1, 0.15) is 73.1 Å². The first-order valence-corrected chi connectivity index (χ1v) is 10.0. The molecule has 2 bridgehead atoms. The van der Waals surface area contributed by atoms with E-state index in [1.165, 1.54) is 0 Å². The van der Waals surface area contributed by atoms with E-state index in [1.807, 2.05) is 34.6 Å². The minimum atomic E-state index is -4.08. The van der Waals surface area contributed by atoms with E-state index in [0.717, 1.165) is 0 Å². The Morgan fingerprint density at radius 3 is 2.21 bits per heavy atom. The van der Waals surface area contributed by atoms with Crippen LogP contribution >= 0.6 is 0 Å². The summed E-state index contributed by atoms with van der Waals surface area (Å²) in [6, 6.07) is 0. The number of esters is 1. The van der Waals surface area contributed by atoms with Gasteiger partial charge in [0.15, 0.2) is 5.79 Å². The van der Waals surface area contributed by atoms with Gasteiger partial charge in [-0.05, 0) is 66.8 Å². The highest BCUT2D eigenvalue weighted by atomic mass is 19.4. The molecule has 8 heteroatoms. The maximum atomic E-state index is 12.9. The minimum Gasteiger partial charge on any atom is -0.460 e. The third-order valence-corrected chi connectivity index (χ3v) is 5.84. The first-order valence-electron chi connectivity index (χ1n) is 10.0. The zero-order valence-corrected chi connectivity index (χ0v) is 17.4. The van der Waals surface area contributed by atoms with E-state index < -0.39 is 23.0 Å². The van der Waals surface area contributed by atoms with Gasteiger partial charge in [0.2, 0.25) is 0 Å². The maximum absolute atomic E-state index is 12.9. The molecule has 4 fully saturated rings. The van der Waals surface area contributed by atoms with Gasteiger partial charge < -0.3 is 19.5 Å². The summed E-state index contributed by atoms with van der Waals surface area (Å²) in [5.74, 6) is -1.12. The van der Waals surface area contributed by atoms with Gasteiger partial charge in [0.05, 0.1) is 24.0 Å². The van der Waals surface area contributed by atoms with Gasteiger partial charge in [0.25, 0.3) is 0 Å². The quantitative estimate of drug-likeness (QED) is 0.672. The fourth-order valence-electron chi connectivity index (χ4n) is 4.87. The second kappa shape index (κ2) is 6.84. The van der Waals surface area contributed by atoms with Gasteiger partial charge in [-0.2, -0.15) is 13.2 Å². The van der Waals surface area contributed by atoms with Gasteiger partial charge in [-0.3, -0.25) is 4.79 Å². The van der Waals surface area contributed by atoms with Crippen molar-refractivity contribution >= 4 is 5.97 Å². The summed E-state index contributed by atoms with van der Waals surface area (Å²) in [4.78, 5) is 12.1. The molecule has 1 heterocycles. The molecule has 4 aliphatic rings. The summed E-state index contributed by atoms with van der Waals surface area (Å²) in [7, 11) is 0. The van der Waals surface area contributed by atoms with Gasteiger partial charge in [-0.25, -0.2) is 0 Å². The molecule has 28 heavy (non-hydrogen) atoms. The first-order chi connectivity index (χ1) is 12.6. The largest absolute Gasteiger partial charge is 0.460 e. The molecule has 4 rings (SSSR count). The van der Waals surface area contributed by atoms with Gasteiger partial charge in [0, 0.05) is 12.0 Å². The van der Waals surface area contributed by atoms with Crippen LogP contribution in [0, 0.1) is 5.41 Å². The smallest absolute Gasteiger partial charge is 0.394 e. The van der Waals surface area contributed by atoms with E-state index in [1.54, 1.807) is 0 Å². The molecule has 1 N–H and O–H groups in total. The fourth-order valence-corrected chi connectivity index (χ4v) is 4.87. The SMILES string of the molecule is CC(C)(C)OC(=O)CC1CC(CCNC23CC(C(F)(F)F)(C2)C3)OC(C)(C)O1. The van der Waals surface area contributed by atoms with Crippen molar-refractivity contribution in [3.8, 4) is 0 Å². The Balaban J connectivity index is 1.44. The zero-order valence-electron chi connectivity index (χ0n) is 17.4. The molecule has 1 saturated heterocycles. The van der Waals surface area contributed by atoms with Crippen LogP contribution in [0.25, 0.3) is 0 Å². The monoisotopic (exact) mass is 407 g/mol. The molecule has 0 amide bonds. The predicted octanol–water partition coefficient (Wildman–Crippen LogP) is 4.09. The number of nitrogens with one attached hydrogen (secondary N) is 1. The first kappa shape index (κ1) is 21.8. The molecule has 2 unspecified atom stereocenters. The van der Waals surface area contributed by atoms with E-state index in [2.05, 4.69) is 5.32 Å². The van der Waals surface area contributed by atoms with Crippen molar-refractivity contribution in [2.45, 2.75) is 108 Å². The van der Waals surface area contributed by atoms with E-state index in [9.17, 15) is 18.0 Å². The molecule has 3 aliphatic carbocycles. The number of hydrogen-bond acceptors (Lipinski definition) is 5. The lowest BCUT2D eigenvalue weighted by Crippen LogP contribution is -2.78. The van der Waals surface area contributed by atoms with Crippen LogP contribution in [0.4, 0.5) is 13.2 Å². The number of ether oxygens (including phenoxy) is 3. The lowest BCUT2D eigenvalue weighted by Gasteiger charge is -2.70. The van der Waals surface area contributed by atoms with Gasteiger partial charge >= 0.3 is 12.1 Å². The Hall–Kier alpha value is -0.860. The lowest BCUT2D eigenvalue weighted by atomic mass is 9.39. The summed E-state index contributed by atoms with van der Waals surface area (Å²) in [6.45, 7) is 9.67. The van der Waals surface area contributed by atoms with Crippen molar-refractivity contribution < 1.29 is 32.2 Å². The van der Waals surface area contributed by atoms with Crippen LogP contribution in [0.15, 0.2) is 0 Å². The Labute approximate surface area is 164 Å². The fraction of sp³-hybridized carbons (Fsp3) is 0.950. The van der Waals surface area contributed by atoms with Crippen molar-refractivity contribution in [1.82, 2.24) is 5.32 Å². The number of halogens is 3. The van der Waals surface area contributed by atoms with Crippen LogP contribution in [0.5, 0.6) is 0 Å². The number of hydrogen-bond donors (Lipinski definition) is 1. The van der Waals surface area contributed by atoms with E-state index in [4.69, 9.17) is 14.2 Å². The van der Waals surface area contributed by atoms with Gasteiger partial charge in [-0.1, -0.05) is 0 Å². The Bertz CT molecular complexity index is 592. The van der Waals surface area contributed by atoms with Crippen LogP contribution < -0.4 is 5.32 Å². The zero-order chi connectivity index (χ0) is 21.0. The van der Waals surface area contributed by atoms with Gasteiger partial charge in [0.1, 0.15) is 5.60 Å². The average molecular weight is 407 g/mol. The van der Waals surface area contributed by atoms with Crippen molar-refractivity contribution in [2.24, 2.45) is 5.41 Å². The van der Waals surface area contributed by atoms with Crippen molar-refractivity contribution in [3.63, 3.8) is 0 Å². The Morgan fingerprint density at radius 2 is 1.68 bits per heavy atom. The van der Waals surface area contributed by atoms with Crippen LogP contribution in [0.2, 0.25) is 0 Å². The normalized spacial score (nSPS) is 37.0. The van der Waals surface area contributed by atoms with E-state index >= 15 is 0 Å². The van der Waals surface area contributed by atoms with E-state index in [0.29, 0.717) is 19.4 Å². The standard InChI is InChI=1S/C20H32F3NO4/c1-16(2,3)28-15(25)9-14-8-13(26-17(4,5)27-14)6-7-24-19-10-18(11-19,12-19)20(21,22)23/h13-14,24H,6-12H2,1-5H3. The molecule has 0 aromatic rings. The molecule has 2 atom stereocenters. The summed E-state index contributed by atoms with van der Waals surface area (Å²) in [5, 5.41) is 3.31. The topological polar surface area (TPSA) is 56.8 Å². The molecule has 162 valence electrons. The van der Waals surface area contributed by atoms with Crippen molar-refractivity contribution in [3.05, 3.63) is 0 Å². The number of carbonyl (C=O) groups is 1. The van der Waals surface area contributed by atoms with Crippen LogP contribution in [0.3, 0.4) is 0 Å². The number of carbonyl (C=O) groups excluding carboxylic acids is 1. The second-order valence-electron chi connectivity index (χ2n) is 10.2. The molecule has 0 radical (unpaired) electrons. The summed E-state index contributed by atoms with van der Waals surface area (Å²) < 4.78 is 56.0. The molecule has 0 aromatic carbocycles. The Kier molecular flexibility index (Phi) is 5.34. The Morgan fingerprint density at radius 1 is 1.11 bits per heavy atom. The number of rotatable bonds is 6. The molecular weight excluding hydrogens is 375 g/mol. The predicted molar refractivity (Wildman–Crippen MR) is 96.6 cm³/mol. The molecule has 3 saturated carbocycles. The molecule has 5 nitrogen and oxygen atoms in total. The van der Waals surface area contributed by atoms with Gasteiger partial charge in [-0.15, -0.1) is 0 Å².